The predicted molar refractivity (Wildman–Crippen MR) is 59.1 cm³/mol. The van der Waals surface area contributed by atoms with E-state index in [4.69, 9.17) is 27.9 Å². The van der Waals surface area contributed by atoms with Crippen molar-refractivity contribution >= 4 is 34.9 Å². The Balaban J connectivity index is 3.24. The highest BCUT2D eigenvalue weighted by Crippen LogP contribution is 2.33. The van der Waals surface area contributed by atoms with Crippen LogP contribution in [-0.2, 0) is 4.74 Å². The molecule has 0 spiro atoms. The quantitative estimate of drug-likeness (QED) is 0.478. The highest BCUT2D eigenvalue weighted by atomic mass is 35.5. The van der Waals surface area contributed by atoms with Crippen molar-refractivity contribution in [2.24, 2.45) is 0 Å². The van der Waals surface area contributed by atoms with Gasteiger partial charge >= 0.3 is 5.97 Å². The summed E-state index contributed by atoms with van der Waals surface area (Å²) in [6.45, 7) is 1.80. The predicted octanol–water partition coefficient (Wildman–Crippen LogP) is 3.08. The number of nitrogens with zero attached hydrogens (tertiary/aromatic N) is 1. The summed E-state index contributed by atoms with van der Waals surface area (Å²) < 4.78 is 4.69. The second-order valence-electron chi connectivity index (χ2n) is 2.77. The van der Waals surface area contributed by atoms with Crippen LogP contribution in [0.4, 0.5) is 5.69 Å². The highest BCUT2D eigenvalue weighted by molar-refractivity contribution is 6.43. The van der Waals surface area contributed by atoms with E-state index in [2.05, 4.69) is 0 Å². The van der Waals surface area contributed by atoms with Gasteiger partial charge < -0.3 is 4.74 Å². The Hall–Kier alpha value is -1.33. The first-order chi connectivity index (χ1) is 7.47. The highest BCUT2D eigenvalue weighted by Gasteiger charge is 2.20. The Morgan fingerprint density at radius 1 is 1.50 bits per heavy atom. The van der Waals surface area contributed by atoms with E-state index in [0.29, 0.717) is 0 Å². The second kappa shape index (κ2) is 5.14. The van der Waals surface area contributed by atoms with Crippen molar-refractivity contribution in [2.75, 3.05) is 6.61 Å². The average Bonchev–Trinajstić information content (AvgIpc) is 2.21. The molecule has 0 aliphatic heterocycles. The molecule has 0 N–H and O–H groups in total. The number of nitro benzene ring substituents is 1. The molecule has 1 aromatic carbocycles. The van der Waals surface area contributed by atoms with Crippen molar-refractivity contribution < 1.29 is 14.5 Å². The fourth-order valence-corrected chi connectivity index (χ4v) is 1.43. The molecule has 5 nitrogen and oxygen atoms in total. The van der Waals surface area contributed by atoms with Gasteiger partial charge in [0.15, 0.2) is 0 Å². The number of nitro groups is 1. The third-order valence-electron chi connectivity index (χ3n) is 1.72. The van der Waals surface area contributed by atoms with Crippen molar-refractivity contribution in [2.45, 2.75) is 6.92 Å². The molecule has 0 aliphatic carbocycles. The maximum atomic E-state index is 11.3. The lowest BCUT2D eigenvalue weighted by Gasteiger charge is -2.03. The van der Waals surface area contributed by atoms with Gasteiger partial charge in [0.05, 0.1) is 22.1 Å². The fraction of sp³-hybridized carbons (Fsp3) is 0.222. The second-order valence-corrected chi connectivity index (χ2v) is 3.55. The average molecular weight is 264 g/mol. The number of carbonyl (C=O) groups excluding carboxylic acids is 1. The Labute approximate surface area is 101 Å². The van der Waals surface area contributed by atoms with Crippen LogP contribution in [0.3, 0.4) is 0 Å². The molecule has 86 valence electrons. The molecule has 0 heterocycles. The Morgan fingerprint density at radius 3 is 2.62 bits per heavy atom. The number of ether oxygens (including phenoxy) is 1. The Kier molecular flexibility index (Phi) is 4.09. The van der Waals surface area contributed by atoms with Crippen LogP contribution in [0.5, 0.6) is 0 Å². The lowest BCUT2D eigenvalue weighted by molar-refractivity contribution is -0.384. The zero-order valence-electron chi connectivity index (χ0n) is 8.20. The fourth-order valence-electron chi connectivity index (χ4n) is 1.04. The van der Waals surface area contributed by atoms with Crippen LogP contribution in [0.2, 0.25) is 10.0 Å². The molecule has 0 aliphatic rings. The number of hydrogen-bond acceptors (Lipinski definition) is 4. The minimum absolute atomic E-state index is 0.00273. The molecule has 0 bridgehead atoms. The van der Waals surface area contributed by atoms with Gasteiger partial charge in [-0.25, -0.2) is 4.79 Å². The number of hydrogen-bond donors (Lipinski definition) is 0. The van der Waals surface area contributed by atoms with E-state index in [1.54, 1.807) is 6.92 Å². The third-order valence-corrected chi connectivity index (χ3v) is 2.51. The number of halogens is 2. The van der Waals surface area contributed by atoms with E-state index in [1.165, 1.54) is 6.07 Å². The Bertz CT molecular complexity index is 447. The van der Waals surface area contributed by atoms with Crippen molar-refractivity contribution in [3.63, 3.8) is 0 Å². The van der Waals surface area contributed by atoms with Crippen molar-refractivity contribution in [1.82, 2.24) is 0 Å². The van der Waals surface area contributed by atoms with E-state index < -0.39 is 16.6 Å². The zero-order chi connectivity index (χ0) is 12.3. The van der Waals surface area contributed by atoms with Gasteiger partial charge in [-0.3, -0.25) is 10.1 Å². The lowest BCUT2D eigenvalue weighted by atomic mass is 10.2. The first-order valence-electron chi connectivity index (χ1n) is 4.28. The van der Waals surface area contributed by atoms with Crippen molar-refractivity contribution in [3.8, 4) is 0 Å². The normalized spacial score (nSPS) is 9.94. The first kappa shape index (κ1) is 12.7. The molecule has 16 heavy (non-hydrogen) atoms. The van der Waals surface area contributed by atoms with E-state index in [0.717, 1.165) is 6.07 Å². The molecule has 0 unspecified atom stereocenters. The summed E-state index contributed by atoms with van der Waals surface area (Å²) in [6.07, 6.45) is 0. The van der Waals surface area contributed by atoms with E-state index in [1.807, 2.05) is 0 Å². The van der Waals surface area contributed by atoms with Crippen LogP contribution >= 0.6 is 23.2 Å². The van der Waals surface area contributed by atoms with Crippen LogP contribution in [0.1, 0.15) is 17.3 Å². The lowest BCUT2D eigenvalue weighted by Crippen LogP contribution is -2.05. The standard InChI is InChI=1S/C9H7Cl2NO4/c1-2-16-9(13)5-3-6(10)8(11)7(4-5)12(14)15/h3-4H,2H2,1H3. The molecule has 0 fully saturated rings. The van der Waals surface area contributed by atoms with Gasteiger partial charge in [0.1, 0.15) is 5.02 Å². The summed E-state index contributed by atoms with van der Waals surface area (Å²) in [4.78, 5) is 21.2. The number of rotatable bonds is 3. The van der Waals surface area contributed by atoms with Gasteiger partial charge in [-0.05, 0) is 13.0 Å². The van der Waals surface area contributed by atoms with Gasteiger partial charge in [0.25, 0.3) is 5.69 Å². The van der Waals surface area contributed by atoms with E-state index >= 15 is 0 Å². The first-order valence-corrected chi connectivity index (χ1v) is 5.03. The summed E-state index contributed by atoms with van der Waals surface area (Å²) in [5, 5.41) is 10.4. The molecule has 1 aromatic rings. The largest absolute Gasteiger partial charge is 0.462 e. The molecule has 0 atom stereocenters. The number of esters is 1. The molecule has 7 heteroatoms. The summed E-state index contributed by atoms with van der Waals surface area (Å²) in [5.41, 5.74) is -0.417. The zero-order valence-corrected chi connectivity index (χ0v) is 9.71. The number of carbonyl (C=O) groups is 1. The molecule has 0 amide bonds. The van der Waals surface area contributed by atoms with Gasteiger partial charge in [-0.15, -0.1) is 0 Å². The van der Waals surface area contributed by atoms with Gasteiger partial charge in [0.2, 0.25) is 0 Å². The molecular formula is C9H7Cl2NO4. The minimum atomic E-state index is -0.711. The Morgan fingerprint density at radius 2 is 2.12 bits per heavy atom. The summed E-state index contributed by atoms with van der Waals surface area (Å²) >= 11 is 11.3. The minimum Gasteiger partial charge on any atom is -0.462 e. The van der Waals surface area contributed by atoms with Gasteiger partial charge in [-0.2, -0.15) is 0 Å². The monoisotopic (exact) mass is 263 g/mol. The van der Waals surface area contributed by atoms with Crippen LogP contribution < -0.4 is 0 Å². The molecule has 1 rings (SSSR count). The van der Waals surface area contributed by atoms with Gasteiger partial charge in [-0.1, -0.05) is 23.2 Å². The molecule has 0 saturated carbocycles. The summed E-state index contributed by atoms with van der Waals surface area (Å²) in [6, 6.07) is 2.26. The maximum absolute atomic E-state index is 11.3. The SMILES string of the molecule is CCOC(=O)c1cc(Cl)c(Cl)c([N+](=O)[O-])c1. The van der Waals surface area contributed by atoms with Crippen LogP contribution in [-0.4, -0.2) is 17.5 Å². The van der Waals surface area contributed by atoms with Gasteiger partial charge in [0, 0.05) is 6.07 Å². The topological polar surface area (TPSA) is 69.4 Å². The van der Waals surface area contributed by atoms with Crippen LogP contribution in [0.25, 0.3) is 0 Å². The third kappa shape index (κ3) is 2.62. The summed E-state index contributed by atoms with van der Waals surface area (Å²) in [7, 11) is 0. The number of benzene rings is 1. The van der Waals surface area contributed by atoms with Crippen LogP contribution in [0.15, 0.2) is 12.1 Å². The molecule has 0 saturated heterocycles. The molecular weight excluding hydrogens is 257 g/mol. The molecule has 0 radical (unpaired) electrons. The van der Waals surface area contributed by atoms with E-state index in [9.17, 15) is 14.9 Å². The smallest absolute Gasteiger partial charge is 0.338 e. The van der Waals surface area contributed by atoms with Crippen molar-refractivity contribution in [1.29, 1.82) is 0 Å². The van der Waals surface area contributed by atoms with Crippen LogP contribution in [0, 0.1) is 10.1 Å². The maximum Gasteiger partial charge on any atom is 0.338 e. The molecule has 0 aromatic heterocycles. The van der Waals surface area contributed by atoms with E-state index in [-0.39, 0.29) is 22.2 Å². The summed E-state index contributed by atoms with van der Waals surface area (Å²) in [5.74, 6) is -0.677. The van der Waals surface area contributed by atoms with Crippen molar-refractivity contribution in [3.05, 3.63) is 37.9 Å².